The summed E-state index contributed by atoms with van der Waals surface area (Å²) in [7, 11) is 0. The van der Waals surface area contributed by atoms with Crippen LogP contribution in [-0.2, 0) is 4.79 Å². The molecule has 1 saturated carbocycles. The van der Waals surface area contributed by atoms with Crippen LogP contribution in [0.25, 0.3) is 0 Å². The fraction of sp³-hybridized carbons (Fsp3) is 0.529. The molecule has 0 radical (unpaired) electrons. The molecule has 118 valence electrons. The summed E-state index contributed by atoms with van der Waals surface area (Å²) in [5.41, 5.74) is 0.913. The van der Waals surface area contributed by atoms with Crippen LogP contribution in [0.15, 0.2) is 24.3 Å². The summed E-state index contributed by atoms with van der Waals surface area (Å²) in [4.78, 5) is 25.8. The van der Waals surface area contributed by atoms with Crippen molar-refractivity contribution in [2.24, 2.45) is 0 Å². The quantitative estimate of drug-likeness (QED) is 0.903. The number of halogens is 1. The number of rotatable bonds is 2. The first-order valence-electron chi connectivity index (χ1n) is 7.85. The standard InChI is InChI=1S/C17H21ClN2O2/c1-12(13-2-4-14(18)5-3-13)20-11-10-17(19-16(20)22)8-6-15(21)7-9-17/h2-5,12H,6-11H2,1H3,(H,19,22)/t12-/m0/s1. The molecule has 2 fully saturated rings. The maximum absolute atomic E-state index is 12.5. The Kier molecular flexibility index (Phi) is 4.13. The average Bonchev–Trinajstić information content (AvgIpc) is 2.51. The van der Waals surface area contributed by atoms with Crippen LogP contribution < -0.4 is 5.32 Å². The Morgan fingerprint density at radius 3 is 2.36 bits per heavy atom. The van der Waals surface area contributed by atoms with Crippen LogP contribution in [0.2, 0.25) is 5.02 Å². The number of hydrogen-bond acceptors (Lipinski definition) is 2. The Hall–Kier alpha value is -1.55. The minimum absolute atomic E-state index is 0.0137. The predicted molar refractivity (Wildman–Crippen MR) is 85.9 cm³/mol. The summed E-state index contributed by atoms with van der Waals surface area (Å²) in [5, 5.41) is 3.87. The van der Waals surface area contributed by atoms with Gasteiger partial charge in [0, 0.05) is 29.9 Å². The van der Waals surface area contributed by atoms with E-state index in [1.165, 1.54) is 0 Å². The first-order valence-corrected chi connectivity index (χ1v) is 8.23. The highest BCUT2D eigenvalue weighted by Gasteiger charge is 2.41. The molecule has 1 saturated heterocycles. The van der Waals surface area contributed by atoms with Crippen molar-refractivity contribution in [2.75, 3.05) is 6.54 Å². The van der Waals surface area contributed by atoms with Crippen molar-refractivity contribution in [1.82, 2.24) is 10.2 Å². The first kappa shape index (κ1) is 15.3. The van der Waals surface area contributed by atoms with Crippen molar-refractivity contribution < 1.29 is 9.59 Å². The van der Waals surface area contributed by atoms with E-state index in [-0.39, 0.29) is 17.6 Å². The molecule has 0 aromatic heterocycles. The molecule has 1 aliphatic heterocycles. The van der Waals surface area contributed by atoms with Gasteiger partial charge in [0.25, 0.3) is 0 Å². The van der Waals surface area contributed by atoms with Gasteiger partial charge in [-0.15, -0.1) is 0 Å². The van der Waals surface area contributed by atoms with E-state index in [4.69, 9.17) is 11.6 Å². The smallest absolute Gasteiger partial charge is 0.318 e. The molecule has 1 atom stereocenters. The van der Waals surface area contributed by atoms with E-state index >= 15 is 0 Å². The summed E-state index contributed by atoms with van der Waals surface area (Å²) in [6, 6.07) is 7.61. The lowest BCUT2D eigenvalue weighted by Gasteiger charge is -2.46. The van der Waals surface area contributed by atoms with E-state index in [1.54, 1.807) is 0 Å². The van der Waals surface area contributed by atoms with Crippen molar-refractivity contribution in [3.05, 3.63) is 34.9 Å². The van der Waals surface area contributed by atoms with Crippen LogP contribution in [0.5, 0.6) is 0 Å². The molecule has 1 spiro atoms. The average molecular weight is 321 g/mol. The fourth-order valence-corrected chi connectivity index (χ4v) is 3.60. The van der Waals surface area contributed by atoms with E-state index in [1.807, 2.05) is 36.1 Å². The normalized spacial score (nSPS) is 22.5. The lowest BCUT2D eigenvalue weighted by atomic mass is 9.77. The molecule has 1 N–H and O–H groups in total. The van der Waals surface area contributed by atoms with Crippen LogP contribution in [0.3, 0.4) is 0 Å². The Morgan fingerprint density at radius 2 is 1.77 bits per heavy atom. The molecule has 0 bridgehead atoms. The second-order valence-electron chi connectivity index (χ2n) is 6.42. The molecule has 1 heterocycles. The van der Waals surface area contributed by atoms with E-state index in [2.05, 4.69) is 5.32 Å². The van der Waals surface area contributed by atoms with E-state index < -0.39 is 0 Å². The van der Waals surface area contributed by atoms with Gasteiger partial charge in [0.15, 0.2) is 0 Å². The number of benzene rings is 1. The first-order chi connectivity index (χ1) is 10.5. The summed E-state index contributed by atoms with van der Waals surface area (Å²) in [6.07, 6.45) is 3.64. The summed E-state index contributed by atoms with van der Waals surface area (Å²) in [5.74, 6) is 0.317. The molecule has 2 amide bonds. The fourth-order valence-electron chi connectivity index (χ4n) is 3.47. The van der Waals surface area contributed by atoms with Gasteiger partial charge in [-0.05, 0) is 43.9 Å². The molecular formula is C17H21ClN2O2. The number of nitrogens with zero attached hydrogens (tertiary/aromatic N) is 1. The molecule has 22 heavy (non-hydrogen) atoms. The number of amides is 2. The topological polar surface area (TPSA) is 49.4 Å². The number of carbonyl (C=O) groups excluding carboxylic acids is 2. The highest BCUT2D eigenvalue weighted by molar-refractivity contribution is 6.30. The van der Waals surface area contributed by atoms with Gasteiger partial charge in [0.05, 0.1) is 6.04 Å². The zero-order valence-corrected chi connectivity index (χ0v) is 13.5. The van der Waals surface area contributed by atoms with Crippen LogP contribution in [-0.4, -0.2) is 28.8 Å². The number of Topliss-reactive ketones (excluding diaryl/α,β-unsaturated/α-hetero) is 1. The SMILES string of the molecule is C[C@@H](c1ccc(Cl)cc1)N1CCC2(CCC(=O)CC2)NC1=O. The monoisotopic (exact) mass is 320 g/mol. The maximum atomic E-state index is 12.5. The molecule has 2 aliphatic rings. The zero-order chi connectivity index (χ0) is 15.7. The van der Waals surface area contributed by atoms with Crippen LogP contribution in [0.1, 0.15) is 50.6 Å². The van der Waals surface area contributed by atoms with Gasteiger partial charge < -0.3 is 10.2 Å². The van der Waals surface area contributed by atoms with Gasteiger partial charge >= 0.3 is 6.03 Å². The van der Waals surface area contributed by atoms with Gasteiger partial charge in [-0.2, -0.15) is 0 Å². The number of hydrogen-bond donors (Lipinski definition) is 1. The van der Waals surface area contributed by atoms with Crippen LogP contribution in [0.4, 0.5) is 4.79 Å². The van der Waals surface area contributed by atoms with Crippen LogP contribution in [0, 0.1) is 0 Å². The third kappa shape index (κ3) is 2.98. The highest BCUT2D eigenvalue weighted by Crippen LogP contribution is 2.34. The Balaban J connectivity index is 1.69. The Morgan fingerprint density at radius 1 is 1.14 bits per heavy atom. The molecule has 1 aromatic rings. The van der Waals surface area contributed by atoms with Crippen molar-refractivity contribution in [3.8, 4) is 0 Å². The molecule has 1 aliphatic carbocycles. The number of urea groups is 1. The third-order valence-corrected chi connectivity index (χ3v) is 5.30. The van der Waals surface area contributed by atoms with Gasteiger partial charge in [0.1, 0.15) is 5.78 Å². The minimum Gasteiger partial charge on any atom is -0.332 e. The summed E-state index contributed by atoms with van der Waals surface area (Å²) < 4.78 is 0. The molecular weight excluding hydrogens is 300 g/mol. The van der Waals surface area contributed by atoms with E-state index in [0.29, 0.717) is 23.6 Å². The largest absolute Gasteiger partial charge is 0.332 e. The van der Waals surface area contributed by atoms with Gasteiger partial charge in [-0.1, -0.05) is 23.7 Å². The van der Waals surface area contributed by atoms with Crippen molar-refractivity contribution in [1.29, 1.82) is 0 Å². The van der Waals surface area contributed by atoms with Gasteiger partial charge in [0.2, 0.25) is 0 Å². The van der Waals surface area contributed by atoms with Crippen molar-refractivity contribution >= 4 is 23.4 Å². The van der Waals surface area contributed by atoms with Crippen molar-refractivity contribution in [3.63, 3.8) is 0 Å². The lowest BCUT2D eigenvalue weighted by molar-refractivity contribution is -0.121. The molecule has 4 nitrogen and oxygen atoms in total. The lowest BCUT2D eigenvalue weighted by Crippen LogP contribution is -2.61. The summed E-state index contributed by atoms with van der Waals surface area (Å²) >= 11 is 5.92. The van der Waals surface area contributed by atoms with Crippen LogP contribution >= 0.6 is 11.6 Å². The third-order valence-electron chi connectivity index (χ3n) is 5.05. The van der Waals surface area contributed by atoms with E-state index in [0.717, 1.165) is 31.4 Å². The zero-order valence-electron chi connectivity index (χ0n) is 12.8. The number of ketones is 1. The van der Waals surface area contributed by atoms with Gasteiger partial charge in [-0.3, -0.25) is 4.79 Å². The Labute approximate surface area is 135 Å². The minimum atomic E-state index is -0.165. The number of carbonyl (C=O) groups is 2. The second kappa shape index (κ2) is 5.92. The maximum Gasteiger partial charge on any atom is 0.318 e. The number of nitrogens with one attached hydrogen (secondary N) is 1. The van der Waals surface area contributed by atoms with Gasteiger partial charge in [-0.25, -0.2) is 4.79 Å². The second-order valence-corrected chi connectivity index (χ2v) is 6.86. The summed E-state index contributed by atoms with van der Waals surface area (Å²) in [6.45, 7) is 2.76. The molecule has 1 aromatic carbocycles. The van der Waals surface area contributed by atoms with Crippen molar-refractivity contribution in [2.45, 2.75) is 50.6 Å². The molecule has 3 rings (SSSR count). The Bertz CT molecular complexity index is 575. The molecule has 0 unspecified atom stereocenters. The highest BCUT2D eigenvalue weighted by atomic mass is 35.5. The predicted octanol–water partition coefficient (Wildman–Crippen LogP) is 3.70. The molecule has 5 heteroatoms. The van der Waals surface area contributed by atoms with E-state index in [9.17, 15) is 9.59 Å².